The second kappa shape index (κ2) is 9.77. The Morgan fingerprint density at radius 1 is 1.39 bits per heavy atom. The van der Waals surface area contributed by atoms with Crippen molar-refractivity contribution < 1.29 is 0 Å². The Kier molecular flexibility index (Phi) is 8.40. The first-order valence-electron chi connectivity index (χ1n) is 7.24. The van der Waals surface area contributed by atoms with Crippen LogP contribution in [0, 0.1) is 6.92 Å². The third-order valence-electron chi connectivity index (χ3n) is 3.33. The molecule has 0 fully saturated rings. The van der Waals surface area contributed by atoms with Crippen LogP contribution in [-0.2, 0) is 13.1 Å². The Morgan fingerprint density at radius 3 is 2.74 bits per heavy atom. The molecule has 0 amide bonds. The van der Waals surface area contributed by atoms with Gasteiger partial charge < -0.3 is 10.2 Å². The Labute approximate surface area is 159 Å². The first-order valence-corrected chi connectivity index (χ1v) is 7.62. The Balaban J connectivity index is 0.00000264. The van der Waals surface area contributed by atoms with Crippen molar-refractivity contribution >= 4 is 41.5 Å². The minimum atomic E-state index is 0. The van der Waals surface area contributed by atoms with Crippen LogP contribution in [0.25, 0.3) is 0 Å². The van der Waals surface area contributed by atoms with E-state index in [0.717, 1.165) is 29.6 Å². The lowest BCUT2D eigenvalue weighted by Crippen LogP contribution is -2.39. The van der Waals surface area contributed by atoms with Crippen LogP contribution in [0.15, 0.2) is 41.7 Å². The van der Waals surface area contributed by atoms with E-state index in [4.69, 9.17) is 11.6 Å². The molecule has 0 bridgehead atoms. The molecule has 0 spiro atoms. The van der Waals surface area contributed by atoms with Crippen LogP contribution in [0.4, 0.5) is 0 Å². The van der Waals surface area contributed by atoms with Crippen molar-refractivity contribution in [2.75, 3.05) is 20.6 Å². The maximum Gasteiger partial charge on any atom is 0.193 e. The topological polar surface area (TPSA) is 45.5 Å². The summed E-state index contributed by atoms with van der Waals surface area (Å²) in [7, 11) is 3.78. The lowest BCUT2D eigenvalue weighted by molar-refractivity contribution is 0.470. The summed E-state index contributed by atoms with van der Waals surface area (Å²) in [6, 6.07) is 7.86. The number of benzene rings is 1. The van der Waals surface area contributed by atoms with Gasteiger partial charge in [0.1, 0.15) is 0 Å². The van der Waals surface area contributed by atoms with Gasteiger partial charge in [0.05, 0.1) is 12.7 Å². The van der Waals surface area contributed by atoms with Gasteiger partial charge in [-0.1, -0.05) is 29.8 Å². The van der Waals surface area contributed by atoms with Crippen molar-refractivity contribution in [3.05, 3.63) is 52.8 Å². The van der Waals surface area contributed by atoms with Gasteiger partial charge in [-0.15, -0.1) is 24.0 Å². The van der Waals surface area contributed by atoms with Crippen LogP contribution in [-0.4, -0.2) is 41.3 Å². The van der Waals surface area contributed by atoms with E-state index in [-0.39, 0.29) is 24.0 Å². The molecule has 1 heterocycles. The predicted molar refractivity (Wildman–Crippen MR) is 107 cm³/mol. The molecule has 126 valence electrons. The highest BCUT2D eigenvalue weighted by molar-refractivity contribution is 14.0. The number of guanidine groups is 1. The van der Waals surface area contributed by atoms with Crippen molar-refractivity contribution in [2.24, 2.45) is 4.99 Å². The standard InChI is InChI=1S/C16H22ClN5.HI/c1-13-10-20-22(11-13)9-8-19-16(18-2)21(3)12-14-6-4-5-7-15(14)17;/h4-7,10-11H,8-9,12H2,1-3H3,(H,18,19);1H. The first-order chi connectivity index (χ1) is 10.6. The van der Waals surface area contributed by atoms with Gasteiger partial charge in [0.15, 0.2) is 5.96 Å². The summed E-state index contributed by atoms with van der Waals surface area (Å²) in [5.41, 5.74) is 2.25. The fraction of sp³-hybridized carbons (Fsp3) is 0.375. The highest BCUT2D eigenvalue weighted by atomic mass is 127. The minimum Gasteiger partial charge on any atom is -0.354 e. The van der Waals surface area contributed by atoms with Crippen LogP contribution >= 0.6 is 35.6 Å². The van der Waals surface area contributed by atoms with Crippen molar-refractivity contribution in [1.29, 1.82) is 0 Å². The molecule has 7 heteroatoms. The highest BCUT2D eigenvalue weighted by Gasteiger charge is 2.08. The van der Waals surface area contributed by atoms with Gasteiger partial charge in [-0.25, -0.2) is 0 Å². The van der Waals surface area contributed by atoms with Gasteiger partial charge >= 0.3 is 0 Å². The highest BCUT2D eigenvalue weighted by Crippen LogP contribution is 2.16. The molecule has 0 aliphatic heterocycles. The van der Waals surface area contributed by atoms with Crippen molar-refractivity contribution in [2.45, 2.75) is 20.0 Å². The van der Waals surface area contributed by atoms with Crippen molar-refractivity contribution in [3.63, 3.8) is 0 Å². The molecule has 1 aromatic heterocycles. The number of aliphatic imine (C=N–C) groups is 1. The summed E-state index contributed by atoms with van der Waals surface area (Å²) in [6.45, 7) is 4.31. The van der Waals surface area contributed by atoms with Crippen molar-refractivity contribution in [3.8, 4) is 0 Å². The zero-order chi connectivity index (χ0) is 15.9. The molecule has 1 N–H and O–H groups in total. The molecule has 0 radical (unpaired) electrons. The zero-order valence-electron chi connectivity index (χ0n) is 13.7. The molecule has 0 saturated carbocycles. The van der Waals surface area contributed by atoms with Crippen LogP contribution < -0.4 is 5.32 Å². The smallest absolute Gasteiger partial charge is 0.193 e. The number of rotatable bonds is 5. The molecular formula is C16H23ClIN5. The molecule has 2 rings (SSSR count). The molecule has 23 heavy (non-hydrogen) atoms. The quantitative estimate of drug-likeness (QED) is 0.435. The first kappa shape index (κ1) is 19.8. The Bertz CT molecular complexity index is 641. The van der Waals surface area contributed by atoms with Crippen LogP contribution in [0.2, 0.25) is 5.02 Å². The lowest BCUT2D eigenvalue weighted by atomic mass is 10.2. The Morgan fingerprint density at radius 2 is 2.13 bits per heavy atom. The maximum atomic E-state index is 6.20. The summed E-state index contributed by atoms with van der Waals surface area (Å²) in [6.07, 6.45) is 3.89. The second-order valence-electron chi connectivity index (χ2n) is 5.20. The number of hydrogen-bond acceptors (Lipinski definition) is 2. The molecule has 0 aliphatic rings. The van der Waals surface area contributed by atoms with Crippen LogP contribution in [0.3, 0.4) is 0 Å². The Hall–Kier alpha value is -1.28. The summed E-state index contributed by atoms with van der Waals surface area (Å²) >= 11 is 6.20. The number of hydrogen-bond donors (Lipinski definition) is 1. The van der Waals surface area contributed by atoms with E-state index in [0.29, 0.717) is 6.54 Å². The summed E-state index contributed by atoms with van der Waals surface area (Å²) in [4.78, 5) is 6.36. The second-order valence-corrected chi connectivity index (χ2v) is 5.61. The third-order valence-corrected chi connectivity index (χ3v) is 3.69. The number of aromatic nitrogens is 2. The molecule has 0 aliphatic carbocycles. The van der Waals surface area contributed by atoms with Gasteiger partial charge in [-0.05, 0) is 24.1 Å². The van der Waals surface area contributed by atoms with Crippen molar-refractivity contribution in [1.82, 2.24) is 20.0 Å². The summed E-state index contributed by atoms with van der Waals surface area (Å²) in [5, 5.41) is 8.38. The van der Waals surface area contributed by atoms with Gasteiger partial charge in [-0.3, -0.25) is 9.67 Å². The zero-order valence-corrected chi connectivity index (χ0v) is 16.7. The van der Waals surface area contributed by atoms with Gasteiger partial charge in [0.2, 0.25) is 0 Å². The van der Waals surface area contributed by atoms with E-state index in [1.807, 2.05) is 55.3 Å². The average molecular weight is 448 g/mol. The molecule has 1 aromatic carbocycles. The van der Waals surface area contributed by atoms with Gasteiger partial charge in [-0.2, -0.15) is 5.10 Å². The summed E-state index contributed by atoms with van der Waals surface area (Å²) in [5.74, 6) is 0.837. The largest absolute Gasteiger partial charge is 0.354 e. The number of nitrogens with zero attached hydrogens (tertiary/aromatic N) is 4. The van der Waals surface area contributed by atoms with E-state index < -0.39 is 0 Å². The molecule has 0 atom stereocenters. The molecular weight excluding hydrogens is 425 g/mol. The number of nitrogens with one attached hydrogen (secondary N) is 1. The maximum absolute atomic E-state index is 6.20. The number of aryl methyl sites for hydroxylation is 1. The van der Waals surface area contributed by atoms with E-state index in [2.05, 4.69) is 20.3 Å². The summed E-state index contributed by atoms with van der Waals surface area (Å²) < 4.78 is 1.92. The number of halogens is 2. The monoisotopic (exact) mass is 447 g/mol. The van der Waals surface area contributed by atoms with E-state index in [1.165, 1.54) is 5.56 Å². The van der Waals surface area contributed by atoms with E-state index >= 15 is 0 Å². The predicted octanol–water partition coefficient (Wildman–Crippen LogP) is 3.17. The van der Waals surface area contributed by atoms with E-state index in [1.54, 1.807) is 7.05 Å². The lowest BCUT2D eigenvalue weighted by Gasteiger charge is -2.22. The van der Waals surface area contributed by atoms with Crippen LogP contribution in [0.1, 0.15) is 11.1 Å². The average Bonchev–Trinajstić information content (AvgIpc) is 2.91. The third kappa shape index (κ3) is 6.02. The normalized spacial score (nSPS) is 11.0. The molecule has 2 aromatic rings. The molecule has 0 unspecified atom stereocenters. The fourth-order valence-corrected chi connectivity index (χ4v) is 2.41. The minimum absolute atomic E-state index is 0. The SMILES string of the molecule is CN=C(NCCn1cc(C)cn1)N(C)Cc1ccccc1Cl.I. The fourth-order valence-electron chi connectivity index (χ4n) is 2.21. The van der Waals surface area contributed by atoms with Gasteiger partial charge in [0, 0.05) is 38.4 Å². The van der Waals surface area contributed by atoms with Gasteiger partial charge in [0.25, 0.3) is 0 Å². The molecule has 0 saturated heterocycles. The van der Waals surface area contributed by atoms with E-state index in [9.17, 15) is 0 Å². The van der Waals surface area contributed by atoms with Crippen LogP contribution in [0.5, 0.6) is 0 Å². The molecule has 5 nitrogen and oxygen atoms in total.